The molecule has 0 amide bonds. The van der Waals surface area contributed by atoms with Crippen LogP contribution in [-0.2, 0) is 36.2 Å². The first-order valence-electron chi connectivity index (χ1n) is 4.97. The molecular weight excluding hydrogens is 355 g/mol. The topological polar surface area (TPSA) is 199 Å². The van der Waals surface area contributed by atoms with E-state index in [1.165, 1.54) is 0 Å². The van der Waals surface area contributed by atoms with Crippen LogP contribution < -0.4 is 35.3 Å². The molecule has 0 unspecified atom stereocenters. The molecule has 0 aromatic carbocycles. The summed E-state index contributed by atoms with van der Waals surface area (Å²) in [7, 11) is 0. The van der Waals surface area contributed by atoms with Crippen molar-refractivity contribution in [1.82, 2.24) is 0 Å². The minimum atomic E-state index is -0.833. The van der Waals surface area contributed by atoms with E-state index in [0.29, 0.717) is 13.1 Å². The van der Waals surface area contributed by atoms with Gasteiger partial charge in [-0.25, -0.2) is 0 Å². The van der Waals surface area contributed by atoms with E-state index in [2.05, 4.69) is 0 Å². The average Bonchev–Trinajstić information content (AvgIpc) is 2.13. The molecule has 0 heterocycles. The summed E-state index contributed by atoms with van der Waals surface area (Å²) in [5.41, 5.74) is 11.2. The molecule has 0 aromatic heterocycles. The van der Waals surface area contributed by atoms with E-state index in [4.69, 9.17) is 51.1 Å². The van der Waals surface area contributed by atoms with Gasteiger partial charge in [-0.3, -0.25) is 19.2 Å². The van der Waals surface area contributed by atoms with Crippen molar-refractivity contribution in [3.05, 3.63) is 5.73 Å². The van der Waals surface area contributed by atoms with Gasteiger partial charge in [-0.05, 0) is 6.54 Å². The maximum absolute atomic E-state index is 9.00. The monoisotopic (exact) mass is 379 g/mol. The molecule has 0 atom stereocenters. The van der Waals surface area contributed by atoms with Gasteiger partial charge in [0.05, 0.1) is 0 Å². The van der Waals surface area contributed by atoms with Crippen LogP contribution in [0.2, 0.25) is 0 Å². The van der Waals surface area contributed by atoms with E-state index in [9.17, 15) is 0 Å². The van der Waals surface area contributed by atoms with Crippen LogP contribution in [0.15, 0.2) is 0 Å². The fraction of sp³-hybridized carbons (Fsp3) is 0.600. The number of aliphatic carboxylic acids is 4. The van der Waals surface area contributed by atoms with E-state index < -0.39 is 23.9 Å². The average molecular weight is 379 g/mol. The summed E-state index contributed by atoms with van der Waals surface area (Å²) >= 11 is 0. The van der Waals surface area contributed by atoms with Crippen LogP contribution in [0.25, 0.3) is 5.73 Å². The van der Waals surface area contributed by atoms with E-state index in [-0.39, 0.29) is 48.1 Å². The van der Waals surface area contributed by atoms with Crippen molar-refractivity contribution in [2.75, 3.05) is 13.1 Å². The SMILES string of the molecule is CC(=O)O.CC(=O)O.CC(=O)O.CC(=O)O.[Fe].[H-].[NH-]CCN.[Na+]. The molecule has 0 aromatic rings. The molecule has 0 rings (SSSR count). The maximum atomic E-state index is 9.00. The molecule has 10 nitrogen and oxygen atoms in total. The Kier molecular flexibility index (Phi) is 83.4. The third-order valence-corrected chi connectivity index (χ3v) is 0.144. The van der Waals surface area contributed by atoms with Crippen LogP contribution >= 0.6 is 0 Å². The molecule has 0 aliphatic carbocycles. The van der Waals surface area contributed by atoms with Crippen LogP contribution in [0.4, 0.5) is 0 Å². The van der Waals surface area contributed by atoms with Crippen molar-refractivity contribution in [1.29, 1.82) is 0 Å². The molecule has 132 valence electrons. The molecule has 12 heteroatoms. The molecule has 0 radical (unpaired) electrons. The van der Waals surface area contributed by atoms with Gasteiger partial charge in [0.2, 0.25) is 0 Å². The van der Waals surface area contributed by atoms with Gasteiger partial charge < -0.3 is 33.3 Å². The second-order valence-electron chi connectivity index (χ2n) is 2.61. The van der Waals surface area contributed by atoms with Crippen LogP contribution in [-0.4, -0.2) is 57.4 Å². The van der Waals surface area contributed by atoms with Gasteiger partial charge in [-0.2, -0.15) is 0 Å². The molecule has 0 aliphatic rings. The number of carbonyl (C=O) groups is 4. The summed E-state index contributed by atoms with van der Waals surface area (Å²) in [5, 5.41) is 29.7. The minimum absolute atomic E-state index is 0. The van der Waals surface area contributed by atoms with Gasteiger partial charge in [0.25, 0.3) is 23.9 Å². The first kappa shape index (κ1) is 42.9. The second-order valence-corrected chi connectivity index (χ2v) is 2.61. The number of nitrogens with two attached hydrogens (primary N) is 1. The standard InChI is InChI=1S/C2H7N2.4C2H4O2.Fe.Na.H/c3-1-2-4;4*1-2(3)4;;;/h3H,1-2,4H2;4*1H3,(H,3,4);;;/q-1;;;;;;+1;-1. The normalized spacial score (nSPS) is 5.91. The number of hydrogen-bond acceptors (Lipinski definition) is 5. The Morgan fingerprint density at radius 3 is 0.864 bits per heavy atom. The predicted molar refractivity (Wildman–Crippen MR) is 72.6 cm³/mol. The van der Waals surface area contributed by atoms with Gasteiger partial charge in [-0.15, -0.1) is 6.54 Å². The molecule has 0 fully saturated rings. The first-order chi connectivity index (χ1) is 8.84. The summed E-state index contributed by atoms with van der Waals surface area (Å²) in [6.45, 7) is 5.17. The Hall–Kier alpha value is -0.681. The quantitative estimate of drug-likeness (QED) is 0.305. The first-order valence-corrected chi connectivity index (χ1v) is 4.97. The van der Waals surface area contributed by atoms with Crippen molar-refractivity contribution in [2.24, 2.45) is 5.73 Å². The molecule has 0 aliphatic heterocycles. The van der Waals surface area contributed by atoms with Crippen molar-refractivity contribution in [3.63, 3.8) is 0 Å². The van der Waals surface area contributed by atoms with Crippen LogP contribution in [0.1, 0.15) is 29.1 Å². The third kappa shape index (κ3) is 63500. The minimum Gasteiger partial charge on any atom is -1.00 e. The molecule has 0 bridgehead atoms. The van der Waals surface area contributed by atoms with E-state index >= 15 is 0 Å². The largest absolute Gasteiger partial charge is 1.00 e. The number of carboxylic acid groups (broad SMARTS) is 4. The molecule has 0 spiro atoms. The number of rotatable bonds is 1. The van der Waals surface area contributed by atoms with E-state index in [1.807, 2.05) is 0 Å². The summed E-state index contributed by atoms with van der Waals surface area (Å²) in [6, 6.07) is 0. The fourth-order valence-electron chi connectivity index (χ4n) is 0. The maximum Gasteiger partial charge on any atom is 1.00 e. The van der Waals surface area contributed by atoms with Crippen molar-refractivity contribution in [2.45, 2.75) is 27.7 Å². The second kappa shape index (κ2) is 42.7. The number of nitrogens with one attached hydrogen (secondary N) is 1. The van der Waals surface area contributed by atoms with Crippen LogP contribution in [0.5, 0.6) is 0 Å². The predicted octanol–water partition coefficient (Wildman–Crippen LogP) is -2.53. The van der Waals surface area contributed by atoms with E-state index in [1.54, 1.807) is 0 Å². The molecule has 22 heavy (non-hydrogen) atoms. The van der Waals surface area contributed by atoms with Crippen molar-refractivity contribution in [3.8, 4) is 0 Å². The Bertz CT molecular complexity index is 207. The summed E-state index contributed by atoms with van der Waals surface area (Å²) in [6.07, 6.45) is 0. The van der Waals surface area contributed by atoms with E-state index in [0.717, 1.165) is 27.7 Å². The zero-order valence-electron chi connectivity index (χ0n) is 14.3. The zero-order valence-corrected chi connectivity index (χ0v) is 16.4. The van der Waals surface area contributed by atoms with Gasteiger partial charge in [-0.1, -0.05) is 0 Å². The Labute approximate surface area is 163 Å². The van der Waals surface area contributed by atoms with Crippen molar-refractivity contribution >= 4 is 23.9 Å². The van der Waals surface area contributed by atoms with Crippen LogP contribution in [0.3, 0.4) is 0 Å². The molecular formula is C10H24FeN2NaO8-. The Balaban J connectivity index is -0.0000000197. The summed E-state index contributed by atoms with van der Waals surface area (Å²) < 4.78 is 0. The fourth-order valence-corrected chi connectivity index (χ4v) is 0. The van der Waals surface area contributed by atoms with Gasteiger partial charge >= 0.3 is 29.6 Å². The smallest absolute Gasteiger partial charge is 1.00 e. The molecule has 0 saturated carbocycles. The molecule has 0 saturated heterocycles. The summed E-state index contributed by atoms with van der Waals surface area (Å²) in [5.74, 6) is -3.33. The Morgan fingerprint density at radius 2 is 0.864 bits per heavy atom. The van der Waals surface area contributed by atoms with Crippen LogP contribution in [0, 0.1) is 0 Å². The summed E-state index contributed by atoms with van der Waals surface area (Å²) in [4.78, 5) is 36.0. The van der Waals surface area contributed by atoms with Gasteiger partial charge in [0.1, 0.15) is 0 Å². The number of hydrogen-bond donors (Lipinski definition) is 5. The third-order valence-electron chi connectivity index (χ3n) is 0.144. The van der Waals surface area contributed by atoms with Gasteiger partial charge in [0, 0.05) is 44.8 Å². The van der Waals surface area contributed by atoms with Gasteiger partial charge in [0.15, 0.2) is 0 Å². The number of carboxylic acids is 4. The zero-order chi connectivity index (χ0) is 17.7. The van der Waals surface area contributed by atoms with Crippen molar-refractivity contribution < 1.29 is 87.7 Å². The Morgan fingerprint density at radius 1 is 0.818 bits per heavy atom. The molecule has 7 N–H and O–H groups in total.